The smallest absolute Gasteiger partial charge is 0.310 e. The molecule has 180 valence electrons. The minimum absolute atomic E-state index is 0.120. The summed E-state index contributed by atoms with van der Waals surface area (Å²) in [5, 5.41) is 6.54. The van der Waals surface area contributed by atoms with Gasteiger partial charge in [0.15, 0.2) is 5.76 Å². The molecule has 5 rings (SSSR count). The molecule has 0 saturated heterocycles. The molecular formula is C29H30N2O4. The Morgan fingerprint density at radius 2 is 1.71 bits per heavy atom. The largest absolute Gasteiger partial charge is 0.494 e. The van der Waals surface area contributed by atoms with Crippen molar-refractivity contribution in [3.63, 3.8) is 0 Å². The number of hydrazone groups is 1. The van der Waals surface area contributed by atoms with Crippen molar-refractivity contribution >= 4 is 17.7 Å². The summed E-state index contributed by atoms with van der Waals surface area (Å²) in [5.74, 6) is 1.87. The molecule has 0 spiro atoms. The van der Waals surface area contributed by atoms with Crippen LogP contribution in [0.15, 0.2) is 82.0 Å². The highest BCUT2D eigenvalue weighted by atomic mass is 16.5. The van der Waals surface area contributed by atoms with Gasteiger partial charge in [-0.2, -0.15) is 5.10 Å². The van der Waals surface area contributed by atoms with Gasteiger partial charge >= 0.3 is 5.91 Å². The van der Waals surface area contributed by atoms with Gasteiger partial charge in [0, 0.05) is 5.92 Å². The van der Waals surface area contributed by atoms with Gasteiger partial charge in [0.1, 0.15) is 11.5 Å². The second kappa shape index (κ2) is 10.2. The van der Waals surface area contributed by atoms with Crippen molar-refractivity contribution in [2.24, 2.45) is 11.0 Å². The molecule has 2 unspecified atom stereocenters. The minimum Gasteiger partial charge on any atom is -0.494 e. The first kappa shape index (κ1) is 23.0. The lowest BCUT2D eigenvalue weighted by atomic mass is 9.77. The molecule has 1 saturated carbocycles. The summed E-state index contributed by atoms with van der Waals surface area (Å²) in [6, 6.07) is 19.3. The van der Waals surface area contributed by atoms with E-state index < -0.39 is 0 Å². The van der Waals surface area contributed by atoms with Crippen LogP contribution in [0.3, 0.4) is 0 Å². The Bertz CT molecular complexity index is 1210. The molecule has 0 radical (unpaired) electrons. The number of benzene rings is 2. The van der Waals surface area contributed by atoms with E-state index in [9.17, 15) is 4.79 Å². The number of hydrogen-bond acceptors (Lipinski definition) is 5. The van der Waals surface area contributed by atoms with Crippen molar-refractivity contribution in [1.82, 2.24) is 5.01 Å². The number of ether oxygens (including phenoxy) is 2. The number of nitrogens with zero attached hydrogens (tertiary/aromatic N) is 2. The van der Waals surface area contributed by atoms with Crippen molar-refractivity contribution < 1.29 is 18.7 Å². The molecule has 1 aromatic heterocycles. The Morgan fingerprint density at radius 1 is 1.03 bits per heavy atom. The van der Waals surface area contributed by atoms with Crippen LogP contribution in [0.2, 0.25) is 0 Å². The molecule has 1 amide bonds. The number of furan rings is 1. The summed E-state index contributed by atoms with van der Waals surface area (Å²) in [5.41, 5.74) is 4.31. The molecule has 6 nitrogen and oxygen atoms in total. The van der Waals surface area contributed by atoms with Crippen LogP contribution in [0.4, 0.5) is 0 Å². The van der Waals surface area contributed by atoms with Crippen LogP contribution in [-0.4, -0.2) is 29.8 Å². The predicted octanol–water partition coefficient (Wildman–Crippen LogP) is 6.51. The standard InChI is InChI=1S/C29H30N2O4/c1-3-33-23-14-10-20(11-15-23)19-22-7-5-8-25-27(22)30-31(29(32)26-9-6-18-35-26)28(25)21-12-16-24(17-13-21)34-4-2/h6,9-19,25,28H,3-5,7-8H2,1-2H3/b22-19-. The molecule has 35 heavy (non-hydrogen) atoms. The van der Waals surface area contributed by atoms with Crippen molar-refractivity contribution in [1.29, 1.82) is 0 Å². The number of rotatable bonds is 7. The van der Waals surface area contributed by atoms with Crippen LogP contribution in [0.1, 0.15) is 60.8 Å². The normalized spacial score (nSPS) is 20.5. The highest BCUT2D eigenvalue weighted by molar-refractivity contribution is 6.09. The topological polar surface area (TPSA) is 64.3 Å². The van der Waals surface area contributed by atoms with Crippen LogP contribution in [0.25, 0.3) is 6.08 Å². The van der Waals surface area contributed by atoms with Crippen molar-refractivity contribution in [2.75, 3.05) is 13.2 Å². The molecule has 2 aromatic carbocycles. The Labute approximate surface area is 205 Å². The highest BCUT2D eigenvalue weighted by Gasteiger charge is 2.44. The number of amides is 1. The van der Waals surface area contributed by atoms with Gasteiger partial charge in [-0.25, -0.2) is 5.01 Å². The lowest BCUT2D eigenvalue weighted by molar-refractivity contribution is 0.0648. The van der Waals surface area contributed by atoms with Crippen molar-refractivity contribution in [2.45, 2.75) is 39.2 Å². The first-order valence-electron chi connectivity index (χ1n) is 12.3. The number of fused-ring (bicyclic) bond motifs is 1. The first-order valence-corrected chi connectivity index (χ1v) is 12.3. The van der Waals surface area contributed by atoms with E-state index in [-0.39, 0.29) is 17.9 Å². The van der Waals surface area contributed by atoms with E-state index >= 15 is 0 Å². The molecule has 1 aliphatic heterocycles. The van der Waals surface area contributed by atoms with Gasteiger partial charge in [0.05, 0.1) is 31.2 Å². The summed E-state index contributed by atoms with van der Waals surface area (Å²) in [6.07, 6.45) is 6.66. The zero-order valence-electron chi connectivity index (χ0n) is 20.1. The summed E-state index contributed by atoms with van der Waals surface area (Å²) in [7, 11) is 0. The number of carbonyl (C=O) groups excluding carboxylic acids is 1. The molecule has 2 atom stereocenters. The maximum Gasteiger partial charge on any atom is 0.310 e. The quantitative estimate of drug-likeness (QED) is 0.395. The van der Waals surface area contributed by atoms with Crippen molar-refractivity contribution in [3.05, 3.63) is 89.4 Å². The summed E-state index contributed by atoms with van der Waals surface area (Å²) < 4.78 is 16.6. The fourth-order valence-electron chi connectivity index (χ4n) is 4.97. The van der Waals surface area contributed by atoms with Gasteiger partial charge in [-0.1, -0.05) is 24.3 Å². The SMILES string of the molecule is CCOc1ccc(/C=C2/CCCC3C2=NN(C(=O)c2ccco2)C3c2ccc(OCC)cc2)cc1. The van der Waals surface area contributed by atoms with Crippen LogP contribution in [0.5, 0.6) is 11.5 Å². The number of hydrogen-bond donors (Lipinski definition) is 0. The predicted molar refractivity (Wildman–Crippen MR) is 136 cm³/mol. The van der Waals surface area contributed by atoms with Gasteiger partial charge in [-0.05, 0) is 92.3 Å². The highest BCUT2D eigenvalue weighted by Crippen LogP contribution is 2.45. The third-order valence-electron chi connectivity index (χ3n) is 6.51. The minimum atomic E-state index is -0.226. The number of allylic oxidation sites excluding steroid dienone is 1. The van der Waals surface area contributed by atoms with E-state index in [0.717, 1.165) is 47.6 Å². The molecule has 3 aromatic rings. The van der Waals surface area contributed by atoms with Gasteiger partial charge in [0.25, 0.3) is 0 Å². The molecule has 2 aliphatic rings. The van der Waals surface area contributed by atoms with Crippen LogP contribution in [-0.2, 0) is 0 Å². The lowest BCUT2D eigenvalue weighted by Crippen LogP contribution is -2.31. The Kier molecular flexibility index (Phi) is 6.70. The summed E-state index contributed by atoms with van der Waals surface area (Å²) >= 11 is 0. The fraction of sp³-hybridized carbons (Fsp3) is 0.310. The molecule has 6 heteroatoms. The van der Waals surface area contributed by atoms with E-state index in [1.807, 2.05) is 50.2 Å². The zero-order chi connectivity index (χ0) is 24.2. The average molecular weight is 471 g/mol. The number of carbonyl (C=O) groups is 1. The molecule has 0 N–H and O–H groups in total. The van der Waals surface area contributed by atoms with E-state index in [0.29, 0.717) is 19.0 Å². The Hall–Kier alpha value is -3.80. The summed E-state index contributed by atoms with van der Waals surface area (Å²) in [6.45, 7) is 5.20. The van der Waals surface area contributed by atoms with Gasteiger partial charge < -0.3 is 13.9 Å². The molecule has 1 fully saturated rings. The average Bonchev–Trinajstić information content (AvgIpc) is 3.55. The van der Waals surface area contributed by atoms with Crippen LogP contribution in [0, 0.1) is 5.92 Å². The van der Waals surface area contributed by atoms with E-state index in [1.165, 1.54) is 11.8 Å². The Balaban J connectivity index is 1.50. The molecule has 1 aliphatic carbocycles. The maximum atomic E-state index is 13.4. The third-order valence-corrected chi connectivity index (χ3v) is 6.51. The molecular weight excluding hydrogens is 440 g/mol. The fourth-order valence-corrected chi connectivity index (χ4v) is 4.97. The second-order valence-electron chi connectivity index (χ2n) is 8.73. The van der Waals surface area contributed by atoms with Gasteiger partial charge in [0.2, 0.25) is 0 Å². The van der Waals surface area contributed by atoms with E-state index in [2.05, 4.69) is 18.2 Å². The van der Waals surface area contributed by atoms with Gasteiger partial charge in [-0.15, -0.1) is 0 Å². The first-order chi connectivity index (χ1) is 17.2. The van der Waals surface area contributed by atoms with E-state index in [1.54, 1.807) is 17.1 Å². The van der Waals surface area contributed by atoms with Gasteiger partial charge in [-0.3, -0.25) is 4.79 Å². The van der Waals surface area contributed by atoms with Crippen molar-refractivity contribution in [3.8, 4) is 11.5 Å². The maximum absolute atomic E-state index is 13.4. The summed E-state index contributed by atoms with van der Waals surface area (Å²) in [4.78, 5) is 13.4. The monoisotopic (exact) mass is 470 g/mol. The Morgan fingerprint density at radius 3 is 2.34 bits per heavy atom. The second-order valence-corrected chi connectivity index (χ2v) is 8.73. The zero-order valence-corrected chi connectivity index (χ0v) is 20.1. The molecule has 2 heterocycles. The molecule has 0 bridgehead atoms. The van der Waals surface area contributed by atoms with Crippen LogP contribution < -0.4 is 9.47 Å². The van der Waals surface area contributed by atoms with Crippen LogP contribution >= 0.6 is 0 Å². The third kappa shape index (κ3) is 4.74. The lowest BCUT2D eigenvalue weighted by Gasteiger charge is -2.29. The van der Waals surface area contributed by atoms with E-state index in [4.69, 9.17) is 19.0 Å².